The van der Waals surface area contributed by atoms with E-state index in [1.54, 1.807) is 0 Å². The Balaban J connectivity index is 2.26. The van der Waals surface area contributed by atoms with Gasteiger partial charge in [-0.1, -0.05) is 18.2 Å². The number of rotatable bonds is 1. The average molecular weight is 309 g/mol. The molecule has 0 aromatic heterocycles. The van der Waals surface area contributed by atoms with E-state index in [4.69, 9.17) is 5.26 Å². The predicted molar refractivity (Wildman–Crippen MR) is 69.9 cm³/mol. The second-order valence-electron chi connectivity index (χ2n) is 3.81. The Morgan fingerprint density at radius 1 is 1.27 bits per heavy atom. The van der Waals surface area contributed by atoms with Crippen LogP contribution in [-0.2, 0) is 0 Å². The molecule has 0 saturated heterocycles. The summed E-state index contributed by atoms with van der Waals surface area (Å²) in [6.45, 7) is 0. The maximum Gasteiger partial charge on any atom is 0.0991 e. The third-order valence-corrected chi connectivity index (χ3v) is 4.00. The molecule has 0 fully saturated rings. The standard InChI is InChI=1S/C13H12IN/c14-13-4-2-1-3-12(13)11-7-5-10(9-15)6-8-11/h4-8,12H,1-3H2/t12-/m1/s1. The molecule has 0 heterocycles. The van der Waals surface area contributed by atoms with Crippen LogP contribution >= 0.6 is 22.6 Å². The summed E-state index contributed by atoms with van der Waals surface area (Å²) in [4.78, 5) is 0. The SMILES string of the molecule is N#Cc1ccc([C@H]2CCCC=C2I)cc1. The average Bonchev–Trinajstić information content (AvgIpc) is 2.30. The fourth-order valence-electron chi connectivity index (χ4n) is 1.96. The molecule has 1 aromatic carbocycles. The van der Waals surface area contributed by atoms with Crippen molar-refractivity contribution in [3.05, 3.63) is 45.0 Å². The van der Waals surface area contributed by atoms with Crippen molar-refractivity contribution in [2.24, 2.45) is 0 Å². The van der Waals surface area contributed by atoms with Gasteiger partial charge in [-0.15, -0.1) is 0 Å². The minimum Gasteiger partial charge on any atom is -0.192 e. The zero-order valence-corrected chi connectivity index (χ0v) is 10.6. The van der Waals surface area contributed by atoms with E-state index in [2.05, 4.69) is 46.9 Å². The van der Waals surface area contributed by atoms with Crippen LogP contribution in [0, 0.1) is 11.3 Å². The van der Waals surface area contributed by atoms with Gasteiger partial charge in [0.25, 0.3) is 0 Å². The summed E-state index contributed by atoms with van der Waals surface area (Å²) in [6, 6.07) is 10.1. The number of nitrogens with zero attached hydrogens (tertiary/aromatic N) is 1. The van der Waals surface area contributed by atoms with Crippen LogP contribution in [0.4, 0.5) is 0 Å². The Hall–Kier alpha value is -0.820. The molecule has 76 valence electrons. The van der Waals surface area contributed by atoms with Crippen LogP contribution in [0.2, 0.25) is 0 Å². The van der Waals surface area contributed by atoms with Crippen molar-refractivity contribution in [1.82, 2.24) is 0 Å². The number of hydrogen-bond donors (Lipinski definition) is 0. The highest BCUT2D eigenvalue weighted by molar-refractivity contribution is 14.1. The first-order chi connectivity index (χ1) is 7.31. The first kappa shape index (κ1) is 10.7. The fraction of sp³-hybridized carbons (Fsp3) is 0.308. The molecular formula is C13H12IN. The fourth-order valence-corrected chi connectivity index (χ4v) is 2.94. The summed E-state index contributed by atoms with van der Waals surface area (Å²) in [5.74, 6) is 0.562. The van der Waals surface area contributed by atoms with Gasteiger partial charge >= 0.3 is 0 Å². The lowest BCUT2D eigenvalue weighted by atomic mass is 9.89. The van der Waals surface area contributed by atoms with Gasteiger partial charge in [0.15, 0.2) is 0 Å². The van der Waals surface area contributed by atoms with Crippen LogP contribution in [-0.4, -0.2) is 0 Å². The Kier molecular flexibility index (Phi) is 3.42. The molecule has 1 aromatic rings. The summed E-state index contributed by atoms with van der Waals surface area (Å²) in [6.07, 6.45) is 6.05. The molecule has 0 bridgehead atoms. The van der Waals surface area contributed by atoms with E-state index in [9.17, 15) is 0 Å². The van der Waals surface area contributed by atoms with Crippen LogP contribution in [0.15, 0.2) is 33.9 Å². The van der Waals surface area contributed by atoms with E-state index in [-0.39, 0.29) is 0 Å². The van der Waals surface area contributed by atoms with E-state index in [0.717, 1.165) is 5.56 Å². The highest BCUT2D eigenvalue weighted by Gasteiger charge is 2.17. The molecular weight excluding hydrogens is 297 g/mol. The largest absolute Gasteiger partial charge is 0.192 e. The number of benzene rings is 1. The van der Waals surface area contributed by atoms with Gasteiger partial charge in [0.1, 0.15) is 0 Å². The van der Waals surface area contributed by atoms with Crippen molar-refractivity contribution in [3.63, 3.8) is 0 Å². The molecule has 0 saturated carbocycles. The topological polar surface area (TPSA) is 23.8 Å². The van der Waals surface area contributed by atoms with Gasteiger partial charge in [-0.3, -0.25) is 0 Å². The molecule has 15 heavy (non-hydrogen) atoms. The van der Waals surface area contributed by atoms with E-state index >= 15 is 0 Å². The summed E-state index contributed by atoms with van der Waals surface area (Å²) in [7, 11) is 0. The first-order valence-electron chi connectivity index (χ1n) is 5.17. The van der Waals surface area contributed by atoms with Gasteiger partial charge in [0.2, 0.25) is 0 Å². The minimum absolute atomic E-state index is 0.562. The van der Waals surface area contributed by atoms with E-state index in [1.165, 1.54) is 28.4 Å². The molecule has 1 nitrogen and oxygen atoms in total. The Bertz CT molecular complexity index is 411. The Morgan fingerprint density at radius 2 is 2.00 bits per heavy atom. The van der Waals surface area contributed by atoms with Gasteiger partial charge in [0, 0.05) is 5.92 Å². The van der Waals surface area contributed by atoms with Crippen molar-refractivity contribution in [2.45, 2.75) is 25.2 Å². The maximum atomic E-state index is 8.73. The zero-order chi connectivity index (χ0) is 10.7. The highest BCUT2D eigenvalue weighted by Crippen LogP contribution is 2.37. The van der Waals surface area contributed by atoms with Crippen molar-refractivity contribution in [3.8, 4) is 6.07 Å². The Labute approximate surface area is 104 Å². The maximum absolute atomic E-state index is 8.73. The first-order valence-corrected chi connectivity index (χ1v) is 6.25. The summed E-state index contributed by atoms with van der Waals surface area (Å²) in [5, 5.41) is 8.73. The van der Waals surface area contributed by atoms with Crippen molar-refractivity contribution in [1.29, 1.82) is 5.26 Å². The smallest absolute Gasteiger partial charge is 0.0991 e. The quantitative estimate of drug-likeness (QED) is 0.715. The summed E-state index contributed by atoms with van der Waals surface area (Å²) in [5.41, 5.74) is 2.09. The van der Waals surface area contributed by atoms with E-state index in [1.807, 2.05) is 12.1 Å². The van der Waals surface area contributed by atoms with Gasteiger partial charge in [0.05, 0.1) is 11.6 Å². The molecule has 0 amide bonds. The van der Waals surface area contributed by atoms with Crippen molar-refractivity contribution >= 4 is 22.6 Å². The third kappa shape index (κ3) is 2.40. The number of nitriles is 1. The number of hydrogen-bond acceptors (Lipinski definition) is 1. The van der Waals surface area contributed by atoms with E-state index < -0.39 is 0 Å². The minimum atomic E-state index is 0.562. The van der Waals surface area contributed by atoms with Crippen LogP contribution in [0.25, 0.3) is 0 Å². The van der Waals surface area contributed by atoms with Crippen LogP contribution < -0.4 is 0 Å². The molecule has 2 heteroatoms. The molecule has 0 N–H and O–H groups in total. The lowest BCUT2D eigenvalue weighted by molar-refractivity contribution is 0.651. The second-order valence-corrected chi connectivity index (χ2v) is 5.05. The van der Waals surface area contributed by atoms with E-state index in [0.29, 0.717) is 5.92 Å². The Morgan fingerprint density at radius 3 is 2.60 bits per heavy atom. The molecule has 1 aliphatic rings. The molecule has 0 radical (unpaired) electrons. The third-order valence-electron chi connectivity index (χ3n) is 2.81. The van der Waals surface area contributed by atoms with Gasteiger partial charge in [-0.05, 0) is 63.1 Å². The predicted octanol–water partition coefficient (Wildman–Crippen LogP) is 4.14. The summed E-state index contributed by atoms with van der Waals surface area (Å²) >= 11 is 2.44. The van der Waals surface area contributed by atoms with Crippen molar-refractivity contribution < 1.29 is 0 Å². The van der Waals surface area contributed by atoms with Crippen LogP contribution in [0.1, 0.15) is 36.3 Å². The van der Waals surface area contributed by atoms with Gasteiger partial charge < -0.3 is 0 Å². The zero-order valence-electron chi connectivity index (χ0n) is 8.41. The molecule has 0 spiro atoms. The highest BCUT2D eigenvalue weighted by atomic mass is 127. The van der Waals surface area contributed by atoms with Crippen molar-refractivity contribution in [2.75, 3.05) is 0 Å². The van der Waals surface area contributed by atoms with Crippen LogP contribution in [0.5, 0.6) is 0 Å². The number of allylic oxidation sites excluding steroid dienone is 2. The number of halogens is 1. The molecule has 1 atom stereocenters. The molecule has 0 aliphatic heterocycles. The molecule has 1 aliphatic carbocycles. The normalized spacial score (nSPS) is 20.5. The monoisotopic (exact) mass is 309 g/mol. The van der Waals surface area contributed by atoms with Gasteiger partial charge in [-0.25, -0.2) is 0 Å². The second kappa shape index (κ2) is 4.80. The lowest BCUT2D eigenvalue weighted by Crippen LogP contribution is -2.02. The van der Waals surface area contributed by atoms with Gasteiger partial charge in [-0.2, -0.15) is 5.26 Å². The lowest BCUT2D eigenvalue weighted by Gasteiger charge is -2.20. The molecule has 0 unspecified atom stereocenters. The summed E-state index contributed by atoms with van der Waals surface area (Å²) < 4.78 is 1.45. The molecule has 2 rings (SSSR count). The van der Waals surface area contributed by atoms with Crippen LogP contribution in [0.3, 0.4) is 0 Å².